The quantitative estimate of drug-likeness (QED) is 0.250. The first-order chi connectivity index (χ1) is 18.5. The minimum Gasteiger partial charge on any atom is -0.462 e. The largest absolute Gasteiger partial charge is 0.462 e. The van der Waals surface area contributed by atoms with Crippen molar-refractivity contribution in [2.24, 2.45) is 0 Å². The van der Waals surface area contributed by atoms with Crippen molar-refractivity contribution in [2.45, 2.75) is 63.8 Å². The smallest absolute Gasteiger partial charge is 0.459 e. The van der Waals surface area contributed by atoms with Gasteiger partial charge in [0.1, 0.15) is 29.6 Å². The molecule has 13 nitrogen and oxygen atoms in total. The van der Waals surface area contributed by atoms with Crippen molar-refractivity contribution in [3.63, 3.8) is 0 Å². The molecule has 1 aliphatic heterocycles. The van der Waals surface area contributed by atoms with Crippen molar-refractivity contribution in [1.82, 2.24) is 14.6 Å². The zero-order chi connectivity index (χ0) is 30.0. The second kappa shape index (κ2) is 11.1. The molecular weight excluding hydrogens is 497 g/mol. The van der Waals surface area contributed by atoms with Crippen molar-refractivity contribution < 1.29 is 43.6 Å². The molecule has 14 heteroatoms. The highest BCUT2D eigenvalue weighted by Crippen LogP contribution is 2.46. The van der Waals surface area contributed by atoms with Gasteiger partial charge in [0, 0.05) is 16.4 Å². The molecule has 198 valence electrons. The lowest BCUT2D eigenvalue weighted by Crippen LogP contribution is -2.47. The zero-order valence-corrected chi connectivity index (χ0v) is 20.5. The first-order valence-corrected chi connectivity index (χ1v) is 12.4. The van der Waals surface area contributed by atoms with Gasteiger partial charge >= 0.3 is 19.4 Å². The van der Waals surface area contributed by atoms with E-state index in [4.69, 9.17) is 24.0 Å². The normalized spacial score (nSPS) is 28.3. The van der Waals surface area contributed by atoms with Crippen molar-refractivity contribution in [3.8, 4) is 5.75 Å². The number of nitrogens with one attached hydrogen (secondary N) is 2. The number of aromatic nitrogens is 2. The number of esters is 1. The van der Waals surface area contributed by atoms with Crippen molar-refractivity contribution >= 4 is 13.7 Å². The molecule has 0 radical (unpaired) electrons. The lowest BCUT2D eigenvalue weighted by molar-refractivity contribution is -0.149. The molecule has 0 unspecified atom stereocenters. The molecule has 1 aromatic heterocycles. The summed E-state index contributed by atoms with van der Waals surface area (Å²) in [5, 5.41) is 24.4. The standard InChI is InChI=1S/C22H30N3O10P/c1-13(2)33-19(28)14(3)24-36(31,35-15-8-6-5-7-9-15)32-12-16-18(27)22(4,30)20(34-16)25-11-10-17(26)23-21(25)29/h5-11,13-14,16,18,20,27,30H,12H2,1-4H3,(H,24,31)(H,23,26,29)/t14-,16+,18+,20+,22+,36-/m0/s1/i4D3,10D. The van der Waals surface area contributed by atoms with Gasteiger partial charge in [0.05, 0.1) is 14.1 Å². The average molecular weight is 531 g/mol. The number of carbonyl (C=O) groups excluding carboxylic acids is 1. The van der Waals surface area contributed by atoms with Crippen LogP contribution < -0.4 is 20.9 Å². The number of para-hydroxylation sites is 1. The van der Waals surface area contributed by atoms with Gasteiger partial charge in [0.25, 0.3) is 5.56 Å². The molecule has 0 saturated carbocycles. The Kier molecular flexibility index (Phi) is 6.89. The van der Waals surface area contributed by atoms with E-state index in [2.05, 4.69) is 5.09 Å². The van der Waals surface area contributed by atoms with Crippen molar-refractivity contribution in [1.29, 1.82) is 0 Å². The lowest BCUT2D eigenvalue weighted by atomic mass is 9.96. The third-order valence-electron chi connectivity index (χ3n) is 4.96. The Bertz CT molecular complexity index is 1370. The maximum Gasteiger partial charge on any atom is 0.459 e. The molecule has 0 bridgehead atoms. The number of carbonyl (C=O) groups is 1. The minimum absolute atomic E-state index is 0.0651. The molecule has 1 fully saturated rings. The summed E-state index contributed by atoms with van der Waals surface area (Å²) in [6.07, 6.45) is -5.95. The fraction of sp³-hybridized carbons (Fsp3) is 0.500. The first-order valence-electron chi connectivity index (χ1n) is 12.8. The number of benzene rings is 1. The number of aliphatic hydroxyl groups is 2. The highest BCUT2D eigenvalue weighted by Gasteiger charge is 2.54. The van der Waals surface area contributed by atoms with E-state index in [1.807, 2.05) is 0 Å². The van der Waals surface area contributed by atoms with Crippen molar-refractivity contribution in [3.05, 3.63) is 63.4 Å². The Morgan fingerprint density at radius 2 is 2.06 bits per heavy atom. The van der Waals surface area contributed by atoms with Crippen LogP contribution in [0.25, 0.3) is 0 Å². The Hall–Kier alpha value is -2.80. The van der Waals surface area contributed by atoms with Gasteiger partial charge in [-0.15, -0.1) is 0 Å². The lowest BCUT2D eigenvalue weighted by Gasteiger charge is -2.27. The molecule has 6 atom stereocenters. The highest BCUT2D eigenvalue weighted by molar-refractivity contribution is 7.52. The van der Waals surface area contributed by atoms with Gasteiger partial charge in [-0.2, -0.15) is 5.09 Å². The molecule has 36 heavy (non-hydrogen) atoms. The van der Waals surface area contributed by atoms with E-state index in [0.29, 0.717) is 10.8 Å². The fourth-order valence-electron chi connectivity index (χ4n) is 3.25. The molecule has 1 aliphatic rings. The molecule has 2 heterocycles. The van der Waals surface area contributed by atoms with Crippen LogP contribution in [0.4, 0.5) is 0 Å². The maximum atomic E-state index is 13.7. The summed E-state index contributed by atoms with van der Waals surface area (Å²) in [4.78, 5) is 38.1. The Morgan fingerprint density at radius 1 is 1.36 bits per heavy atom. The molecule has 1 aromatic carbocycles. The fourth-order valence-corrected chi connectivity index (χ4v) is 4.75. The predicted molar refractivity (Wildman–Crippen MR) is 126 cm³/mol. The van der Waals surface area contributed by atoms with Crippen LogP contribution in [0.3, 0.4) is 0 Å². The van der Waals surface area contributed by atoms with Crippen LogP contribution in [0, 0.1) is 0 Å². The van der Waals surface area contributed by atoms with Crippen LogP contribution in [0.15, 0.2) is 52.2 Å². The third-order valence-corrected chi connectivity index (χ3v) is 6.60. The van der Waals surface area contributed by atoms with Crippen LogP contribution in [-0.4, -0.2) is 62.3 Å². The molecule has 2 aromatic rings. The van der Waals surface area contributed by atoms with Gasteiger partial charge in [-0.1, -0.05) is 18.2 Å². The number of nitrogens with zero attached hydrogens (tertiary/aromatic N) is 1. The molecule has 1 saturated heterocycles. The first kappa shape index (κ1) is 22.4. The number of hydrogen-bond acceptors (Lipinski definition) is 10. The van der Waals surface area contributed by atoms with Gasteiger partial charge < -0.3 is 24.2 Å². The average Bonchev–Trinajstić information content (AvgIpc) is 3.11. The summed E-state index contributed by atoms with van der Waals surface area (Å²) in [7, 11) is -4.48. The van der Waals surface area contributed by atoms with Crippen LogP contribution >= 0.6 is 7.75 Å². The summed E-state index contributed by atoms with van der Waals surface area (Å²) in [5.41, 5.74) is -5.44. The van der Waals surface area contributed by atoms with E-state index in [1.165, 1.54) is 19.1 Å². The molecule has 4 N–H and O–H groups in total. The number of ether oxygens (including phenoxy) is 2. The number of H-pyrrole nitrogens is 1. The summed E-state index contributed by atoms with van der Waals surface area (Å²) in [6, 6.07) is 5.73. The Morgan fingerprint density at radius 3 is 2.69 bits per heavy atom. The van der Waals surface area contributed by atoms with Crippen LogP contribution in [-0.2, 0) is 23.4 Å². The highest BCUT2D eigenvalue weighted by atomic mass is 31.2. The van der Waals surface area contributed by atoms with E-state index in [0.717, 1.165) is 0 Å². The number of aliphatic hydroxyl groups excluding tert-OH is 1. The number of rotatable bonds is 10. The van der Waals surface area contributed by atoms with E-state index < -0.39 is 80.6 Å². The number of aromatic amines is 1. The minimum atomic E-state index is -4.48. The monoisotopic (exact) mass is 531 g/mol. The molecule has 3 rings (SSSR count). The molecule has 0 amide bonds. The van der Waals surface area contributed by atoms with Gasteiger partial charge in [0.15, 0.2) is 6.23 Å². The predicted octanol–water partition coefficient (Wildman–Crippen LogP) is 0.679. The Balaban J connectivity index is 1.92. The summed E-state index contributed by atoms with van der Waals surface area (Å²) in [5.74, 6) is -0.719. The van der Waals surface area contributed by atoms with Gasteiger partial charge in [-0.3, -0.25) is 23.7 Å². The second-order valence-electron chi connectivity index (χ2n) is 8.27. The van der Waals surface area contributed by atoms with E-state index in [-0.39, 0.29) is 5.75 Å². The van der Waals surface area contributed by atoms with Gasteiger partial charge in [-0.25, -0.2) is 9.36 Å². The van der Waals surface area contributed by atoms with Crippen LogP contribution in [0.5, 0.6) is 5.75 Å². The summed E-state index contributed by atoms with van der Waals surface area (Å²) < 4.78 is 66.8. The summed E-state index contributed by atoms with van der Waals surface area (Å²) in [6.45, 7) is 0.326. The van der Waals surface area contributed by atoms with Crippen LogP contribution in [0.2, 0.25) is 0 Å². The SMILES string of the molecule is [2H]c1cn([C@@H]2O[C@H](CO[P@@](=O)(N[C@@H](C)C(=O)OC(C)C)Oc3ccccc3)[C@@H](O)[C@]2(O)C([2H])([2H])[2H])c(=O)[nH]c1=O. The van der Waals surface area contributed by atoms with Gasteiger partial charge in [-0.05, 0) is 39.8 Å². The second-order valence-corrected chi connectivity index (χ2v) is 9.96. The number of hydrogen-bond donors (Lipinski definition) is 4. The topological polar surface area (TPSA) is 178 Å². The Labute approximate surface area is 212 Å². The van der Waals surface area contributed by atoms with Gasteiger partial charge in [0.2, 0.25) is 0 Å². The molecule has 0 spiro atoms. The van der Waals surface area contributed by atoms with E-state index in [1.54, 1.807) is 37.0 Å². The third kappa shape index (κ3) is 6.49. The van der Waals surface area contributed by atoms with E-state index in [9.17, 15) is 29.2 Å². The van der Waals surface area contributed by atoms with Crippen LogP contribution in [0.1, 0.15) is 39.3 Å². The summed E-state index contributed by atoms with van der Waals surface area (Å²) >= 11 is 0. The van der Waals surface area contributed by atoms with Crippen molar-refractivity contribution in [2.75, 3.05) is 6.61 Å². The van der Waals surface area contributed by atoms with E-state index >= 15 is 0 Å². The zero-order valence-electron chi connectivity index (χ0n) is 23.6. The molecular formula is C22H30N3O10P. The molecule has 0 aliphatic carbocycles. The maximum absolute atomic E-state index is 13.7.